The normalized spacial score (nSPS) is 10.6. The van der Waals surface area contributed by atoms with Crippen LogP contribution in [0.2, 0.25) is 0 Å². The van der Waals surface area contributed by atoms with E-state index in [0.717, 1.165) is 0 Å². The summed E-state index contributed by atoms with van der Waals surface area (Å²) in [5, 5.41) is 25.4. The van der Waals surface area contributed by atoms with Gasteiger partial charge in [0.05, 0.1) is 17.7 Å². The average Bonchev–Trinajstić information content (AvgIpc) is 2.87. The smallest absolute Gasteiger partial charge is 0.271 e. The second kappa shape index (κ2) is 11.6. The number of para-hydroxylation sites is 2. The molecule has 0 bridgehead atoms. The summed E-state index contributed by atoms with van der Waals surface area (Å²) in [6, 6.07) is 20.6. The van der Waals surface area contributed by atoms with E-state index < -0.39 is 10.8 Å². The molecule has 0 aliphatic heterocycles. The summed E-state index contributed by atoms with van der Waals surface area (Å²) >= 11 is 0. The van der Waals surface area contributed by atoms with Crippen molar-refractivity contribution in [2.45, 2.75) is 0 Å². The monoisotopic (exact) mass is 472 g/mol. The third-order valence-electron chi connectivity index (χ3n) is 4.62. The molecule has 2 amide bonds. The first kappa shape index (κ1) is 24.5. The van der Waals surface area contributed by atoms with Gasteiger partial charge in [-0.15, -0.1) is 0 Å². The third-order valence-corrected chi connectivity index (χ3v) is 4.62. The molecule has 0 aliphatic carbocycles. The van der Waals surface area contributed by atoms with Crippen molar-refractivity contribution in [2.75, 3.05) is 24.4 Å². The number of benzene rings is 3. The Hall–Kier alpha value is -5.17. The molecule has 176 valence electrons. The minimum absolute atomic E-state index is 0.183. The summed E-state index contributed by atoms with van der Waals surface area (Å²) in [7, 11) is 1.51. The zero-order valence-corrected chi connectivity index (χ0v) is 18.6. The molecule has 0 radical (unpaired) electrons. The number of anilines is 2. The van der Waals surface area contributed by atoms with Crippen molar-refractivity contribution in [2.24, 2.45) is 0 Å². The zero-order valence-electron chi connectivity index (χ0n) is 18.6. The number of nitrogens with one attached hydrogen (secondary N) is 2. The number of hydrogen-bond donors (Lipinski definition) is 2. The molecule has 0 saturated heterocycles. The van der Waals surface area contributed by atoms with Gasteiger partial charge in [0.25, 0.3) is 17.5 Å². The number of nitriles is 1. The largest absolute Gasteiger partial charge is 0.495 e. The molecule has 0 aliphatic rings. The predicted molar refractivity (Wildman–Crippen MR) is 129 cm³/mol. The Morgan fingerprint density at radius 3 is 2.49 bits per heavy atom. The van der Waals surface area contributed by atoms with Gasteiger partial charge in [0, 0.05) is 17.8 Å². The lowest BCUT2D eigenvalue weighted by Crippen LogP contribution is -2.20. The molecule has 3 aromatic rings. The fourth-order valence-electron chi connectivity index (χ4n) is 2.95. The van der Waals surface area contributed by atoms with Gasteiger partial charge in [-0.05, 0) is 42.0 Å². The number of nitro groups is 1. The molecule has 10 nitrogen and oxygen atoms in total. The Bertz CT molecular complexity index is 1310. The van der Waals surface area contributed by atoms with Gasteiger partial charge >= 0.3 is 0 Å². The first-order chi connectivity index (χ1) is 16.9. The van der Waals surface area contributed by atoms with Crippen LogP contribution < -0.4 is 20.1 Å². The van der Waals surface area contributed by atoms with Crippen molar-refractivity contribution in [3.05, 3.63) is 94.0 Å². The lowest BCUT2D eigenvalue weighted by Gasteiger charge is -2.10. The van der Waals surface area contributed by atoms with E-state index in [-0.39, 0.29) is 29.5 Å². The van der Waals surface area contributed by atoms with Crippen LogP contribution >= 0.6 is 0 Å². The van der Waals surface area contributed by atoms with Gasteiger partial charge in [0.1, 0.15) is 23.1 Å². The van der Waals surface area contributed by atoms with Crippen LogP contribution in [0.15, 0.2) is 78.4 Å². The fourth-order valence-corrected chi connectivity index (χ4v) is 2.95. The van der Waals surface area contributed by atoms with Gasteiger partial charge in [-0.25, -0.2) is 0 Å². The summed E-state index contributed by atoms with van der Waals surface area (Å²) in [5.74, 6) is -0.138. The van der Waals surface area contributed by atoms with E-state index in [1.807, 2.05) is 6.07 Å². The molecule has 0 fully saturated rings. The Kier molecular flexibility index (Phi) is 8.13. The molecule has 10 heteroatoms. The van der Waals surface area contributed by atoms with E-state index in [0.29, 0.717) is 22.7 Å². The van der Waals surface area contributed by atoms with Gasteiger partial charge in [0.15, 0.2) is 6.61 Å². The van der Waals surface area contributed by atoms with Crippen molar-refractivity contribution < 1.29 is 24.0 Å². The lowest BCUT2D eigenvalue weighted by atomic mass is 10.1. The molecule has 35 heavy (non-hydrogen) atoms. The molecule has 3 aromatic carbocycles. The molecule has 0 heterocycles. The Labute approximate surface area is 200 Å². The average molecular weight is 472 g/mol. The van der Waals surface area contributed by atoms with Crippen molar-refractivity contribution in [1.82, 2.24) is 0 Å². The molecule has 0 saturated carbocycles. The highest BCUT2D eigenvalue weighted by Crippen LogP contribution is 2.23. The Morgan fingerprint density at radius 2 is 1.80 bits per heavy atom. The predicted octanol–water partition coefficient (Wildman–Crippen LogP) is 4.17. The molecule has 0 spiro atoms. The van der Waals surface area contributed by atoms with Crippen molar-refractivity contribution >= 4 is 35.0 Å². The van der Waals surface area contributed by atoms with E-state index in [1.54, 1.807) is 48.5 Å². The van der Waals surface area contributed by atoms with Crippen molar-refractivity contribution in [3.63, 3.8) is 0 Å². The molecule has 0 atom stereocenters. The minimum Gasteiger partial charge on any atom is -0.495 e. The maximum absolute atomic E-state index is 12.4. The number of nitro benzene ring substituents is 1. The SMILES string of the molecule is COc1ccccc1NC(=O)COc1ccc(/C=C(/C#N)C(=O)Nc2cccc([N+](=O)[O-])c2)cc1. The molecular weight excluding hydrogens is 452 g/mol. The van der Waals surface area contributed by atoms with Crippen LogP contribution in [0, 0.1) is 21.4 Å². The fraction of sp³-hybridized carbons (Fsp3) is 0.0800. The van der Waals surface area contributed by atoms with Crippen LogP contribution in [0.25, 0.3) is 6.08 Å². The van der Waals surface area contributed by atoms with Crippen LogP contribution in [-0.4, -0.2) is 30.5 Å². The molecule has 0 aromatic heterocycles. The van der Waals surface area contributed by atoms with E-state index in [4.69, 9.17) is 9.47 Å². The van der Waals surface area contributed by atoms with Crippen LogP contribution in [-0.2, 0) is 9.59 Å². The van der Waals surface area contributed by atoms with E-state index in [1.165, 1.54) is 37.5 Å². The van der Waals surface area contributed by atoms with Crippen molar-refractivity contribution in [1.29, 1.82) is 5.26 Å². The summed E-state index contributed by atoms with van der Waals surface area (Å²) in [6.07, 6.45) is 1.37. The number of non-ortho nitro benzene ring substituents is 1. The van der Waals surface area contributed by atoms with Gasteiger partial charge in [-0.1, -0.05) is 30.3 Å². The van der Waals surface area contributed by atoms with E-state index in [9.17, 15) is 25.0 Å². The summed E-state index contributed by atoms with van der Waals surface area (Å²) in [4.78, 5) is 34.9. The minimum atomic E-state index is -0.707. The highest BCUT2D eigenvalue weighted by molar-refractivity contribution is 6.09. The number of carbonyl (C=O) groups excluding carboxylic acids is 2. The second-order valence-electron chi connectivity index (χ2n) is 7.04. The van der Waals surface area contributed by atoms with Crippen molar-refractivity contribution in [3.8, 4) is 17.6 Å². The number of ether oxygens (including phenoxy) is 2. The first-order valence-corrected chi connectivity index (χ1v) is 10.2. The van der Waals surface area contributed by atoms with Crippen LogP contribution in [0.4, 0.5) is 17.1 Å². The molecule has 3 rings (SSSR count). The maximum Gasteiger partial charge on any atom is 0.271 e. The molecule has 2 N–H and O–H groups in total. The quantitative estimate of drug-likeness (QED) is 0.206. The summed E-state index contributed by atoms with van der Waals surface area (Å²) < 4.78 is 10.7. The van der Waals surface area contributed by atoms with Crippen LogP contribution in [0.1, 0.15) is 5.56 Å². The number of amides is 2. The van der Waals surface area contributed by atoms with Crippen LogP contribution in [0.5, 0.6) is 11.5 Å². The highest BCUT2D eigenvalue weighted by Gasteiger charge is 2.12. The maximum atomic E-state index is 12.4. The first-order valence-electron chi connectivity index (χ1n) is 10.2. The van der Waals surface area contributed by atoms with Gasteiger partial charge < -0.3 is 20.1 Å². The number of methoxy groups -OCH3 is 1. The van der Waals surface area contributed by atoms with Gasteiger partial charge in [0.2, 0.25) is 0 Å². The number of rotatable bonds is 9. The number of carbonyl (C=O) groups is 2. The second-order valence-corrected chi connectivity index (χ2v) is 7.04. The van der Waals surface area contributed by atoms with E-state index in [2.05, 4.69) is 10.6 Å². The third kappa shape index (κ3) is 6.90. The molecular formula is C25H20N4O6. The zero-order chi connectivity index (χ0) is 25.2. The Morgan fingerprint density at radius 1 is 1.06 bits per heavy atom. The summed E-state index contributed by atoms with van der Waals surface area (Å²) in [5.41, 5.74) is 0.886. The topological polar surface area (TPSA) is 144 Å². The lowest BCUT2D eigenvalue weighted by molar-refractivity contribution is -0.384. The summed E-state index contributed by atoms with van der Waals surface area (Å²) in [6.45, 7) is -0.234. The number of nitrogens with zero attached hydrogens (tertiary/aromatic N) is 2. The number of hydrogen-bond acceptors (Lipinski definition) is 7. The molecule has 0 unspecified atom stereocenters. The van der Waals surface area contributed by atoms with E-state index >= 15 is 0 Å². The van der Waals surface area contributed by atoms with Crippen LogP contribution in [0.3, 0.4) is 0 Å². The highest BCUT2D eigenvalue weighted by atomic mass is 16.6. The Balaban J connectivity index is 1.59. The van der Waals surface area contributed by atoms with Gasteiger partial charge in [-0.2, -0.15) is 5.26 Å². The van der Waals surface area contributed by atoms with Gasteiger partial charge in [-0.3, -0.25) is 19.7 Å². The standard InChI is InChI=1S/C25H20N4O6/c1-34-23-8-3-2-7-22(23)28-24(30)16-35-21-11-9-17(10-12-21)13-18(15-26)25(31)27-19-5-4-6-20(14-19)29(32)33/h2-14H,16H2,1H3,(H,27,31)(H,28,30)/b18-13-.